The van der Waals surface area contributed by atoms with Crippen LogP contribution in [-0.2, 0) is 11.3 Å². The summed E-state index contributed by atoms with van der Waals surface area (Å²) in [4.78, 5) is 3.85. The van der Waals surface area contributed by atoms with Gasteiger partial charge in [0.15, 0.2) is 0 Å². The van der Waals surface area contributed by atoms with Crippen molar-refractivity contribution in [3.63, 3.8) is 0 Å². The van der Waals surface area contributed by atoms with Crippen LogP contribution in [-0.4, -0.2) is 27.5 Å². The fraction of sp³-hybridized carbons (Fsp3) is 0.778. The SMILES string of the molecule is CCCC(C)OCCn1cncn1. The second-order valence-electron chi connectivity index (χ2n) is 3.13. The van der Waals surface area contributed by atoms with Gasteiger partial charge in [-0.2, -0.15) is 5.10 Å². The van der Waals surface area contributed by atoms with Crippen molar-refractivity contribution in [3.8, 4) is 0 Å². The van der Waals surface area contributed by atoms with Crippen LogP contribution in [0.15, 0.2) is 12.7 Å². The Morgan fingerprint density at radius 1 is 1.54 bits per heavy atom. The molecule has 0 spiro atoms. The quantitative estimate of drug-likeness (QED) is 0.670. The predicted octanol–water partition coefficient (Wildman–Crippen LogP) is 1.48. The molecule has 0 amide bonds. The molecule has 0 aromatic carbocycles. The van der Waals surface area contributed by atoms with Crippen molar-refractivity contribution in [1.29, 1.82) is 0 Å². The fourth-order valence-corrected chi connectivity index (χ4v) is 1.19. The van der Waals surface area contributed by atoms with Crippen LogP contribution in [0, 0.1) is 0 Å². The van der Waals surface area contributed by atoms with Gasteiger partial charge in [0.05, 0.1) is 19.3 Å². The number of nitrogens with zero attached hydrogens (tertiary/aromatic N) is 3. The molecule has 1 heterocycles. The third kappa shape index (κ3) is 4.03. The van der Waals surface area contributed by atoms with E-state index in [0.717, 1.165) is 13.0 Å². The number of aromatic nitrogens is 3. The molecule has 1 unspecified atom stereocenters. The molecule has 0 saturated heterocycles. The first kappa shape index (κ1) is 10.2. The molecule has 0 fully saturated rings. The summed E-state index contributed by atoms with van der Waals surface area (Å²) in [7, 11) is 0. The van der Waals surface area contributed by atoms with Gasteiger partial charge in [-0.15, -0.1) is 0 Å². The van der Waals surface area contributed by atoms with Gasteiger partial charge in [-0.05, 0) is 13.3 Å². The van der Waals surface area contributed by atoms with Crippen molar-refractivity contribution in [1.82, 2.24) is 14.8 Å². The lowest BCUT2D eigenvalue weighted by molar-refractivity contribution is 0.0528. The van der Waals surface area contributed by atoms with Gasteiger partial charge in [0.1, 0.15) is 12.7 Å². The smallest absolute Gasteiger partial charge is 0.137 e. The monoisotopic (exact) mass is 183 g/mol. The molecular weight excluding hydrogens is 166 g/mol. The summed E-state index contributed by atoms with van der Waals surface area (Å²) in [6.07, 6.45) is 5.89. The van der Waals surface area contributed by atoms with Crippen LogP contribution >= 0.6 is 0 Å². The molecule has 4 heteroatoms. The Balaban J connectivity index is 2.07. The van der Waals surface area contributed by atoms with Crippen molar-refractivity contribution in [2.24, 2.45) is 0 Å². The lowest BCUT2D eigenvalue weighted by Gasteiger charge is -2.11. The summed E-state index contributed by atoms with van der Waals surface area (Å²) < 4.78 is 7.34. The molecule has 0 aliphatic rings. The Morgan fingerprint density at radius 3 is 3.00 bits per heavy atom. The molecule has 4 nitrogen and oxygen atoms in total. The van der Waals surface area contributed by atoms with Gasteiger partial charge in [0.25, 0.3) is 0 Å². The Hall–Kier alpha value is -0.900. The number of hydrogen-bond donors (Lipinski definition) is 0. The third-order valence-corrected chi connectivity index (χ3v) is 1.88. The van der Waals surface area contributed by atoms with Gasteiger partial charge >= 0.3 is 0 Å². The zero-order valence-corrected chi connectivity index (χ0v) is 8.31. The zero-order chi connectivity index (χ0) is 9.52. The van der Waals surface area contributed by atoms with E-state index in [9.17, 15) is 0 Å². The van der Waals surface area contributed by atoms with E-state index in [0.29, 0.717) is 12.7 Å². The Labute approximate surface area is 78.9 Å². The van der Waals surface area contributed by atoms with Gasteiger partial charge in [-0.3, -0.25) is 4.68 Å². The van der Waals surface area contributed by atoms with Crippen molar-refractivity contribution in [2.45, 2.75) is 39.3 Å². The molecule has 0 aliphatic heterocycles. The summed E-state index contributed by atoms with van der Waals surface area (Å²) in [5, 5.41) is 3.98. The molecule has 1 rings (SSSR count). The highest BCUT2D eigenvalue weighted by atomic mass is 16.5. The first-order chi connectivity index (χ1) is 6.33. The minimum atomic E-state index is 0.355. The second kappa shape index (κ2) is 5.70. The zero-order valence-electron chi connectivity index (χ0n) is 8.31. The van der Waals surface area contributed by atoms with Crippen LogP contribution in [0.4, 0.5) is 0 Å². The van der Waals surface area contributed by atoms with E-state index in [4.69, 9.17) is 4.74 Å². The topological polar surface area (TPSA) is 39.9 Å². The molecule has 0 saturated carbocycles. The normalized spacial score (nSPS) is 13.1. The van der Waals surface area contributed by atoms with Gasteiger partial charge in [-0.1, -0.05) is 13.3 Å². The number of ether oxygens (including phenoxy) is 1. The van der Waals surface area contributed by atoms with E-state index in [2.05, 4.69) is 23.9 Å². The van der Waals surface area contributed by atoms with Gasteiger partial charge in [0, 0.05) is 0 Å². The molecule has 0 bridgehead atoms. The highest BCUT2D eigenvalue weighted by Gasteiger charge is 1.99. The summed E-state index contributed by atoms with van der Waals surface area (Å²) >= 11 is 0. The molecule has 1 aromatic heterocycles. The minimum absolute atomic E-state index is 0.355. The van der Waals surface area contributed by atoms with Gasteiger partial charge in [-0.25, -0.2) is 4.98 Å². The van der Waals surface area contributed by atoms with Gasteiger partial charge in [0.2, 0.25) is 0 Å². The van der Waals surface area contributed by atoms with E-state index in [1.54, 1.807) is 11.0 Å². The lowest BCUT2D eigenvalue weighted by Crippen LogP contribution is -2.13. The first-order valence-corrected chi connectivity index (χ1v) is 4.77. The standard InChI is InChI=1S/C9H17N3O/c1-3-4-9(2)13-6-5-12-8-10-7-11-12/h7-9H,3-6H2,1-2H3. The summed E-state index contributed by atoms with van der Waals surface area (Å²) in [5.41, 5.74) is 0. The molecular formula is C9H17N3O. The van der Waals surface area contributed by atoms with Crippen LogP contribution in [0.2, 0.25) is 0 Å². The maximum Gasteiger partial charge on any atom is 0.137 e. The highest BCUT2D eigenvalue weighted by molar-refractivity contribution is 4.55. The number of rotatable bonds is 6. The molecule has 1 aromatic rings. The van der Waals surface area contributed by atoms with Crippen LogP contribution in [0.3, 0.4) is 0 Å². The van der Waals surface area contributed by atoms with Crippen LogP contribution in [0.25, 0.3) is 0 Å². The third-order valence-electron chi connectivity index (χ3n) is 1.88. The van der Waals surface area contributed by atoms with E-state index < -0.39 is 0 Å². The minimum Gasteiger partial charge on any atom is -0.377 e. The van der Waals surface area contributed by atoms with E-state index in [1.165, 1.54) is 12.7 Å². The summed E-state index contributed by atoms with van der Waals surface area (Å²) in [5.74, 6) is 0. The van der Waals surface area contributed by atoms with Crippen LogP contribution < -0.4 is 0 Å². The van der Waals surface area contributed by atoms with Crippen LogP contribution in [0.1, 0.15) is 26.7 Å². The van der Waals surface area contributed by atoms with Crippen LogP contribution in [0.5, 0.6) is 0 Å². The predicted molar refractivity (Wildman–Crippen MR) is 50.3 cm³/mol. The Bertz CT molecular complexity index is 211. The molecule has 0 aliphatic carbocycles. The molecule has 0 N–H and O–H groups in total. The lowest BCUT2D eigenvalue weighted by atomic mass is 10.2. The highest BCUT2D eigenvalue weighted by Crippen LogP contribution is 2.00. The maximum absolute atomic E-state index is 5.57. The van der Waals surface area contributed by atoms with Crippen molar-refractivity contribution in [2.75, 3.05) is 6.61 Å². The summed E-state index contributed by atoms with van der Waals surface area (Å²) in [6.45, 7) is 5.76. The average Bonchev–Trinajstić information content (AvgIpc) is 2.57. The first-order valence-electron chi connectivity index (χ1n) is 4.77. The molecule has 74 valence electrons. The molecule has 13 heavy (non-hydrogen) atoms. The Morgan fingerprint density at radius 2 is 2.38 bits per heavy atom. The maximum atomic E-state index is 5.57. The second-order valence-corrected chi connectivity index (χ2v) is 3.13. The van der Waals surface area contributed by atoms with Crippen molar-refractivity contribution >= 4 is 0 Å². The molecule has 0 radical (unpaired) electrons. The van der Waals surface area contributed by atoms with Crippen molar-refractivity contribution < 1.29 is 4.74 Å². The summed E-state index contributed by atoms with van der Waals surface area (Å²) in [6, 6.07) is 0. The van der Waals surface area contributed by atoms with Gasteiger partial charge < -0.3 is 4.74 Å². The van der Waals surface area contributed by atoms with Crippen molar-refractivity contribution in [3.05, 3.63) is 12.7 Å². The number of hydrogen-bond acceptors (Lipinski definition) is 3. The average molecular weight is 183 g/mol. The fourth-order valence-electron chi connectivity index (χ4n) is 1.19. The molecule has 1 atom stereocenters. The van der Waals surface area contributed by atoms with E-state index in [-0.39, 0.29) is 0 Å². The Kier molecular flexibility index (Phi) is 4.46. The van der Waals surface area contributed by atoms with E-state index in [1.807, 2.05) is 0 Å². The van der Waals surface area contributed by atoms with E-state index >= 15 is 0 Å². The largest absolute Gasteiger partial charge is 0.377 e.